The first-order chi connectivity index (χ1) is 44.7. The van der Waals surface area contributed by atoms with E-state index in [4.69, 9.17) is 18.3 Å². The SMILES string of the molecule is CCCCCC.CCN(CC)c1ccc2c(-c3ccccc3C(=O)O)c3ccc(=[N+](CC)CC)cc-3oc2c1.Cl.O=C(O)c1ccccc1-c1c2cc(Br)c(=O)c(Br)c-2oc2c(Br)c(O)c(Br)cc12.O=C1OC2(c3ccc(O)cc3Oc3cc(O)ccc32)c2ccccc21.[Na+]. The summed E-state index contributed by atoms with van der Waals surface area (Å²) >= 11 is 13.2. The van der Waals surface area contributed by atoms with Gasteiger partial charge in [-0.2, -0.15) is 0 Å². The maximum absolute atomic E-state index is 12.5. The number of carbonyl (C=O) groups is 3. The van der Waals surface area contributed by atoms with Gasteiger partial charge >= 0.3 is 47.5 Å². The molecule has 21 heteroatoms. The Kier molecular flexibility index (Phi) is 24.4. The van der Waals surface area contributed by atoms with Gasteiger partial charge in [-0.05, 0) is 175 Å². The second-order valence-electron chi connectivity index (χ2n) is 21.9. The Balaban J connectivity index is 0.000000174. The van der Waals surface area contributed by atoms with Crippen molar-refractivity contribution in [2.45, 2.75) is 72.8 Å². The Hall–Kier alpha value is -7.46. The summed E-state index contributed by atoms with van der Waals surface area (Å²) in [5.74, 6) is -0.702. The smallest absolute Gasteiger partial charge is 0.508 e. The van der Waals surface area contributed by atoms with E-state index in [-0.39, 0.29) is 96.1 Å². The number of carboxylic acid groups (broad SMARTS) is 2. The fourth-order valence-electron chi connectivity index (χ4n) is 11.9. The Morgan fingerprint density at radius 2 is 1.09 bits per heavy atom. The molecule has 1 spiro atoms. The predicted octanol–water partition coefficient (Wildman–Crippen LogP) is 16.3. The number of unbranched alkanes of at least 4 members (excludes halogenated alkanes) is 3. The van der Waals surface area contributed by atoms with Crippen LogP contribution in [0.4, 0.5) is 5.69 Å². The number of phenols is 3. The first-order valence-corrected chi connectivity index (χ1v) is 33.5. The van der Waals surface area contributed by atoms with E-state index in [2.05, 4.69) is 151 Å². The van der Waals surface area contributed by atoms with Gasteiger partial charge < -0.3 is 48.7 Å². The monoisotopic (exact) mass is 1560 g/mol. The molecule has 0 fully saturated rings. The van der Waals surface area contributed by atoms with Crippen molar-refractivity contribution < 1.29 is 87.8 Å². The molecular weight excluding hydrogens is 1500 g/mol. The van der Waals surface area contributed by atoms with Crippen LogP contribution in [0.5, 0.6) is 28.7 Å². The zero-order chi connectivity index (χ0) is 66.6. The molecule has 7 aromatic rings. The summed E-state index contributed by atoms with van der Waals surface area (Å²) < 4.78 is 27.7. The van der Waals surface area contributed by atoms with Crippen LogP contribution in [0.1, 0.15) is 115 Å². The number of hydrogen-bond donors (Lipinski definition) is 5. The minimum Gasteiger partial charge on any atom is -0.508 e. The summed E-state index contributed by atoms with van der Waals surface area (Å²) in [5, 5.41) is 52.2. The summed E-state index contributed by atoms with van der Waals surface area (Å²) in [5.41, 5.74) is 7.51. The van der Waals surface area contributed by atoms with Crippen molar-refractivity contribution in [3.63, 3.8) is 0 Å². The van der Waals surface area contributed by atoms with Crippen LogP contribution in [-0.4, -0.2) is 69.6 Å². The average molecular weight is 1570 g/mol. The number of hydrogen-bond acceptors (Lipinski definition) is 12. The molecule has 0 unspecified atom stereocenters. The fraction of sp³-hybridized carbons (Fsp3) is 0.203. The first-order valence-electron chi connectivity index (χ1n) is 30.4. The summed E-state index contributed by atoms with van der Waals surface area (Å²) in [4.78, 5) is 51.2. The van der Waals surface area contributed by atoms with E-state index < -0.39 is 23.5 Å². The van der Waals surface area contributed by atoms with E-state index in [9.17, 15) is 44.7 Å². The second kappa shape index (κ2) is 31.6. The van der Waals surface area contributed by atoms with Crippen LogP contribution >= 0.6 is 76.1 Å². The number of aromatic carboxylic acids is 2. The molecular formula is C74H66Br4ClN2NaO13+2. The van der Waals surface area contributed by atoms with Gasteiger partial charge in [0.15, 0.2) is 16.9 Å². The number of rotatable bonds is 12. The third kappa shape index (κ3) is 14.4. The summed E-state index contributed by atoms with van der Waals surface area (Å²) in [6.07, 6.45) is 5.54. The van der Waals surface area contributed by atoms with Gasteiger partial charge in [0.2, 0.25) is 10.8 Å². The van der Waals surface area contributed by atoms with E-state index >= 15 is 0 Å². The van der Waals surface area contributed by atoms with E-state index in [1.165, 1.54) is 56.0 Å². The summed E-state index contributed by atoms with van der Waals surface area (Å²) in [6.45, 7) is 16.6. The quantitative estimate of drug-likeness (QED) is 0.0253. The van der Waals surface area contributed by atoms with Crippen molar-refractivity contribution in [1.29, 1.82) is 0 Å². The number of phenolic OH excluding ortho intramolecular Hbond substituents is 3. The molecule has 0 saturated carbocycles. The van der Waals surface area contributed by atoms with Gasteiger partial charge in [0.05, 0.1) is 31.7 Å². The molecule has 2 aliphatic carbocycles. The topological polar surface area (TPSA) is 220 Å². The van der Waals surface area contributed by atoms with Crippen molar-refractivity contribution in [3.05, 3.63) is 225 Å². The molecule has 5 N–H and O–H groups in total. The van der Waals surface area contributed by atoms with Gasteiger partial charge in [0.1, 0.15) is 62.1 Å². The number of carbonyl (C=O) groups excluding carboxylic acids is 1. The first kappa shape index (κ1) is 73.4. The molecule has 0 amide bonds. The number of benzene rings is 9. The third-order valence-electron chi connectivity index (χ3n) is 16.5. The zero-order valence-electron chi connectivity index (χ0n) is 53.0. The number of aromatic hydroxyl groups is 3. The number of ether oxygens (including phenoxy) is 2. The maximum Gasteiger partial charge on any atom is 1.00 e. The second-order valence-corrected chi connectivity index (χ2v) is 25.2. The Morgan fingerprint density at radius 3 is 1.64 bits per heavy atom. The number of halogens is 5. The molecule has 7 aromatic carbocycles. The standard InChI is InChI=1S/C28H30N2O3.C20H8Br4O5.C20H12O5.C6H14.ClH.Na/c1-5-29(6-2)19-13-15-23-25(17-19)33-26-18-20(30(7-3)8-4)14-16-24(26)27(23)21-11-9-10-12-22(21)28(31)32;21-11-5-9-13(7-3-1-2-4-8(7)20(27)28)10-6-12(22)17(26)15(24)19(10)29-18(9)14(23)16(11)25;21-11-5-7-15-17(9-11)24-18-10-12(22)6-8-16(18)20(15)14-4-2-1-3-13(14)19(23)25-20;1-3-5-6-4-2;;/h9-18H,5-8H2,1-4H3;1-6,25H,(H,27,28);1-10,21-22H;3-6H2,1-2H3;1H;/q;;;;;+1/p+1. The van der Waals surface area contributed by atoms with Crippen molar-refractivity contribution in [3.8, 4) is 73.6 Å². The van der Waals surface area contributed by atoms with Crippen LogP contribution in [0.2, 0.25) is 0 Å². The Bertz CT molecular complexity index is 4740. The predicted molar refractivity (Wildman–Crippen MR) is 384 cm³/mol. The number of carboxylic acids is 2. The molecule has 0 aromatic heterocycles. The number of esters is 1. The van der Waals surface area contributed by atoms with Crippen LogP contribution in [0, 0.1) is 0 Å². The van der Waals surface area contributed by atoms with Gasteiger partial charge in [0, 0.05) is 92.8 Å². The molecule has 4 aliphatic heterocycles. The average Bonchev–Trinajstić information content (AvgIpc) is 1.66. The molecule has 4 heterocycles. The van der Waals surface area contributed by atoms with Crippen molar-refractivity contribution in [1.82, 2.24) is 4.58 Å². The maximum atomic E-state index is 12.5. The Morgan fingerprint density at radius 1 is 0.547 bits per heavy atom. The van der Waals surface area contributed by atoms with Gasteiger partial charge in [0.25, 0.3) is 0 Å². The molecule has 0 atom stereocenters. The van der Waals surface area contributed by atoms with E-state index in [0.717, 1.165) is 65.1 Å². The molecule has 95 heavy (non-hydrogen) atoms. The number of nitrogens with zero attached hydrogens (tertiary/aromatic N) is 2. The van der Waals surface area contributed by atoms with Gasteiger partial charge in [-0.1, -0.05) is 94.1 Å². The molecule has 13 rings (SSSR count). The normalized spacial score (nSPS) is 12.0. The molecule has 484 valence electrons. The minimum atomic E-state index is -1.17. The van der Waals surface area contributed by atoms with Crippen LogP contribution < -0.4 is 54.6 Å². The molecule has 0 saturated heterocycles. The zero-order valence-corrected chi connectivity index (χ0v) is 62.1. The van der Waals surface area contributed by atoms with Crippen LogP contribution in [-0.2, 0) is 10.3 Å². The molecule has 0 radical (unpaired) electrons. The molecule has 0 bridgehead atoms. The minimum absolute atomic E-state index is 0. The largest absolute Gasteiger partial charge is 1.00 e. The number of anilines is 1. The van der Waals surface area contributed by atoms with Gasteiger partial charge in [-0.25, -0.2) is 19.0 Å². The van der Waals surface area contributed by atoms with Crippen LogP contribution in [0.3, 0.4) is 0 Å². The van der Waals surface area contributed by atoms with Crippen LogP contribution in [0.15, 0.2) is 189 Å². The van der Waals surface area contributed by atoms with E-state index in [0.29, 0.717) is 70.3 Å². The Labute approximate surface area is 610 Å². The van der Waals surface area contributed by atoms with Crippen molar-refractivity contribution in [2.24, 2.45) is 0 Å². The van der Waals surface area contributed by atoms with Crippen LogP contribution in [0.25, 0.3) is 66.8 Å². The number of fused-ring (bicyclic) bond motifs is 10. The fourth-order valence-corrected chi connectivity index (χ4v) is 14.3. The molecule has 6 aliphatic rings. The third-order valence-corrected chi connectivity index (χ3v) is 19.1. The van der Waals surface area contributed by atoms with Gasteiger partial charge in [-0.3, -0.25) is 4.79 Å². The summed E-state index contributed by atoms with van der Waals surface area (Å²) in [6, 6.07) is 46.1. The van der Waals surface area contributed by atoms with Crippen molar-refractivity contribution in [2.75, 3.05) is 31.1 Å². The van der Waals surface area contributed by atoms with Gasteiger partial charge in [-0.15, -0.1) is 12.4 Å². The molecule has 15 nitrogen and oxygen atoms in total. The van der Waals surface area contributed by atoms with Crippen molar-refractivity contribution >= 4 is 122 Å². The van der Waals surface area contributed by atoms with E-state index in [1.807, 2.05) is 24.3 Å². The van der Waals surface area contributed by atoms with E-state index in [1.54, 1.807) is 66.7 Å². The summed E-state index contributed by atoms with van der Waals surface area (Å²) in [7, 11) is 0.